The lowest BCUT2D eigenvalue weighted by molar-refractivity contribution is 0.0150. The molecule has 2 aliphatic carbocycles. The van der Waals surface area contributed by atoms with E-state index in [1.54, 1.807) is 19.1 Å². The van der Waals surface area contributed by atoms with Crippen molar-refractivity contribution in [3.05, 3.63) is 35.9 Å². The summed E-state index contributed by atoms with van der Waals surface area (Å²) in [4.78, 5) is 0. The van der Waals surface area contributed by atoms with Gasteiger partial charge < -0.3 is 10.2 Å². The molecule has 0 amide bonds. The zero-order chi connectivity index (χ0) is 18.5. The van der Waals surface area contributed by atoms with Gasteiger partial charge in [0, 0.05) is 11.5 Å². The van der Waals surface area contributed by atoms with E-state index in [9.17, 15) is 18.6 Å². The van der Waals surface area contributed by atoms with Crippen LogP contribution in [0.4, 0.5) is 0 Å². The van der Waals surface area contributed by atoms with E-state index >= 15 is 0 Å². The third kappa shape index (κ3) is 3.14. The van der Waals surface area contributed by atoms with Crippen LogP contribution in [0.25, 0.3) is 0 Å². The van der Waals surface area contributed by atoms with Crippen molar-refractivity contribution < 1.29 is 18.6 Å². The number of hydrogen-bond donors (Lipinski definition) is 3. The molecule has 2 aliphatic rings. The molecule has 2 fully saturated rings. The van der Waals surface area contributed by atoms with Gasteiger partial charge in [0.2, 0.25) is 10.0 Å². The second-order valence-electron chi connectivity index (χ2n) is 8.39. The van der Waals surface area contributed by atoms with Crippen LogP contribution in [-0.4, -0.2) is 36.5 Å². The Bertz CT molecular complexity index is 718. The molecule has 0 aromatic heterocycles. The number of fused-ring (bicyclic) bond motifs is 2. The molecule has 3 N–H and O–H groups in total. The van der Waals surface area contributed by atoms with Gasteiger partial charge >= 0.3 is 0 Å². The van der Waals surface area contributed by atoms with E-state index in [0.717, 1.165) is 12.8 Å². The lowest BCUT2D eigenvalue weighted by Crippen LogP contribution is -2.49. The third-order valence-electron chi connectivity index (χ3n) is 6.82. The van der Waals surface area contributed by atoms with Gasteiger partial charge in [-0.25, -0.2) is 13.1 Å². The minimum atomic E-state index is -3.64. The summed E-state index contributed by atoms with van der Waals surface area (Å²) in [6, 6.07) is 8.40. The molecule has 0 spiro atoms. The van der Waals surface area contributed by atoms with Gasteiger partial charge in [0.15, 0.2) is 0 Å². The zero-order valence-electron chi connectivity index (χ0n) is 15.1. The maximum absolute atomic E-state index is 12.8. The molecule has 25 heavy (non-hydrogen) atoms. The molecule has 5 nitrogen and oxygen atoms in total. The second-order valence-corrected chi connectivity index (χ2v) is 10.1. The number of aliphatic hydroxyl groups excluding tert-OH is 2. The molecule has 1 aromatic carbocycles. The Morgan fingerprint density at radius 2 is 1.92 bits per heavy atom. The van der Waals surface area contributed by atoms with Crippen LogP contribution in [0.3, 0.4) is 0 Å². The van der Waals surface area contributed by atoms with E-state index in [2.05, 4.69) is 18.6 Å². The quantitative estimate of drug-likeness (QED) is 0.719. The Kier molecular flexibility index (Phi) is 4.77. The van der Waals surface area contributed by atoms with Crippen molar-refractivity contribution in [2.24, 2.45) is 16.7 Å². The van der Waals surface area contributed by atoms with Crippen molar-refractivity contribution in [3.63, 3.8) is 0 Å². The summed E-state index contributed by atoms with van der Waals surface area (Å²) in [5, 5.41) is 21.0. The van der Waals surface area contributed by atoms with Crippen molar-refractivity contribution in [2.75, 3.05) is 5.75 Å². The van der Waals surface area contributed by atoms with Gasteiger partial charge in [-0.1, -0.05) is 44.2 Å². The first-order valence-corrected chi connectivity index (χ1v) is 10.7. The van der Waals surface area contributed by atoms with Crippen LogP contribution in [0.15, 0.2) is 30.3 Å². The van der Waals surface area contributed by atoms with E-state index in [1.165, 1.54) is 0 Å². The third-order valence-corrected chi connectivity index (χ3v) is 8.44. The fourth-order valence-corrected chi connectivity index (χ4v) is 7.21. The van der Waals surface area contributed by atoms with Crippen LogP contribution in [0.1, 0.15) is 51.7 Å². The van der Waals surface area contributed by atoms with Crippen molar-refractivity contribution in [1.29, 1.82) is 0 Å². The lowest BCUT2D eigenvalue weighted by atomic mass is 9.70. The van der Waals surface area contributed by atoms with Crippen LogP contribution in [0, 0.1) is 16.7 Å². The summed E-state index contributed by atoms with van der Waals surface area (Å²) in [5.41, 5.74) is -0.110. The van der Waals surface area contributed by atoms with Crippen molar-refractivity contribution in [1.82, 2.24) is 4.72 Å². The van der Waals surface area contributed by atoms with E-state index in [-0.39, 0.29) is 11.2 Å². The van der Waals surface area contributed by atoms with E-state index in [0.29, 0.717) is 17.9 Å². The normalized spacial score (nSPS) is 33.3. The highest BCUT2D eigenvalue weighted by molar-refractivity contribution is 7.89. The summed E-state index contributed by atoms with van der Waals surface area (Å²) in [6.45, 7) is 5.83. The Labute approximate surface area is 150 Å². The molecule has 0 saturated heterocycles. The summed E-state index contributed by atoms with van der Waals surface area (Å²) in [6.07, 6.45) is 0.910. The summed E-state index contributed by atoms with van der Waals surface area (Å²) < 4.78 is 28.3. The van der Waals surface area contributed by atoms with E-state index < -0.39 is 33.7 Å². The SMILES string of the molecule is CC(NS(=O)(=O)C[C@]12CCC(CC1O)C2(C)C)C(O)c1ccccc1. The lowest BCUT2D eigenvalue weighted by Gasteiger charge is -2.40. The number of aliphatic hydroxyl groups is 2. The molecule has 0 radical (unpaired) electrons. The van der Waals surface area contributed by atoms with Crippen LogP contribution in [0.5, 0.6) is 0 Å². The van der Waals surface area contributed by atoms with Crippen LogP contribution >= 0.6 is 0 Å². The topological polar surface area (TPSA) is 86.6 Å². The molecule has 0 aliphatic heterocycles. The van der Waals surface area contributed by atoms with Crippen LogP contribution in [-0.2, 0) is 10.0 Å². The number of benzene rings is 1. The number of rotatable bonds is 6. The first-order chi connectivity index (χ1) is 11.6. The molecule has 5 atom stereocenters. The van der Waals surface area contributed by atoms with Gasteiger partial charge in [-0.2, -0.15) is 0 Å². The monoisotopic (exact) mass is 367 g/mol. The summed E-state index contributed by atoms with van der Waals surface area (Å²) in [7, 11) is -3.64. The van der Waals surface area contributed by atoms with Crippen molar-refractivity contribution >= 4 is 10.0 Å². The predicted molar refractivity (Wildman–Crippen MR) is 97.3 cm³/mol. The first kappa shape index (κ1) is 18.8. The number of sulfonamides is 1. The zero-order valence-corrected chi connectivity index (χ0v) is 16.0. The molecule has 3 rings (SSSR count). The summed E-state index contributed by atoms with van der Waals surface area (Å²) >= 11 is 0. The highest BCUT2D eigenvalue weighted by Gasteiger charge is 2.65. The smallest absolute Gasteiger partial charge is 0.212 e. The van der Waals surface area contributed by atoms with Gasteiger partial charge in [0.05, 0.1) is 18.0 Å². The van der Waals surface area contributed by atoms with E-state index in [1.807, 2.05) is 18.2 Å². The second kappa shape index (κ2) is 6.34. The molecule has 4 unspecified atom stereocenters. The Balaban J connectivity index is 1.74. The maximum atomic E-state index is 12.8. The minimum Gasteiger partial charge on any atom is -0.392 e. The molecule has 6 heteroatoms. The number of hydrogen-bond acceptors (Lipinski definition) is 4. The highest BCUT2D eigenvalue weighted by atomic mass is 32.2. The Morgan fingerprint density at radius 1 is 1.28 bits per heavy atom. The molecule has 1 aromatic rings. The molecular weight excluding hydrogens is 338 g/mol. The molecule has 140 valence electrons. The average Bonchev–Trinajstić information content (AvgIpc) is 2.88. The highest BCUT2D eigenvalue weighted by Crippen LogP contribution is 2.66. The Morgan fingerprint density at radius 3 is 2.44 bits per heavy atom. The summed E-state index contributed by atoms with van der Waals surface area (Å²) in [5.74, 6) is 0.293. The Hall–Kier alpha value is -0.950. The van der Waals surface area contributed by atoms with Crippen LogP contribution in [0.2, 0.25) is 0 Å². The van der Waals surface area contributed by atoms with Gasteiger partial charge in [-0.3, -0.25) is 0 Å². The van der Waals surface area contributed by atoms with Gasteiger partial charge in [0.25, 0.3) is 0 Å². The largest absolute Gasteiger partial charge is 0.392 e. The standard InChI is InChI=1S/C19H29NO4S/c1-13(17(22)14-7-5-4-6-8-14)20-25(23,24)12-19-10-9-15(11-16(19)21)18(19,2)3/h4-8,13,15-17,20-22H,9-12H2,1-3H3/t13?,15?,16?,17?,19-/m1/s1. The molecule has 2 bridgehead atoms. The predicted octanol–water partition coefficient (Wildman–Crippen LogP) is 2.22. The molecule has 0 heterocycles. The minimum absolute atomic E-state index is 0.0868. The first-order valence-electron chi connectivity index (χ1n) is 9.00. The molecular formula is C19H29NO4S. The van der Waals surface area contributed by atoms with Gasteiger partial charge in [0.1, 0.15) is 0 Å². The van der Waals surface area contributed by atoms with Crippen molar-refractivity contribution in [3.8, 4) is 0 Å². The van der Waals surface area contributed by atoms with Crippen molar-refractivity contribution in [2.45, 2.75) is 58.3 Å². The van der Waals surface area contributed by atoms with Crippen LogP contribution < -0.4 is 4.72 Å². The average molecular weight is 368 g/mol. The van der Waals surface area contributed by atoms with Gasteiger partial charge in [-0.05, 0) is 43.1 Å². The fourth-order valence-electron chi connectivity index (χ4n) is 5.05. The number of nitrogens with one attached hydrogen (secondary N) is 1. The fraction of sp³-hybridized carbons (Fsp3) is 0.684. The van der Waals surface area contributed by atoms with Gasteiger partial charge in [-0.15, -0.1) is 0 Å². The molecule has 2 saturated carbocycles. The maximum Gasteiger partial charge on any atom is 0.212 e. The van der Waals surface area contributed by atoms with E-state index in [4.69, 9.17) is 0 Å².